The molecule has 1 unspecified atom stereocenters. The SMILES string of the molecule is O=C1CCC(N2Cc3ccc(NC(=O)c4ccccc4OCC4CNC4)cc3C2=O)C(=O)N1. The first kappa shape index (κ1) is 21.1. The van der Waals surface area contributed by atoms with E-state index in [4.69, 9.17) is 4.74 Å². The lowest BCUT2D eigenvalue weighted by Crippen LogP contribution is -2.52. The average Bonchev–Trinajstić information content (AvgIpc) is 3.09. The molecule has 2 aromatic rings. The van der Waals surface area contributed by atoms with Crippen LogP contribution in [0.3, 0.4) is 0 Å². The van der Waals surface area contributed by atoms with Crippen LogP contribution in [0, 0.1) is 5.92 Å². The summed E-state index contributed by atoms with van der Waals surface area (Å²) in [5, 5.41) is 8.33. The Bertz CT molecular complexity index is 1140. The average molecular weight is 448 g/mol. The van der Waals surface area contributed by atoms with Gasteiger partial charge in [0.05, 0.1) is 12.2 Å². The number of amides is 4. The molecule has 0 spiro atoms. The molecule has 1 atom stereocenters. The number of nitrogens with one attached hydrogen (secondary N) is 3. The van der Waals surface area contributed by atoms with E-state index >= 15 is 0 Å². The number of benzene rings is 2. The van der Waals surface area contributed by atoms with Crippen molar-refractivity contribution < 1.29 is 23.9 Å². The smallest absolute Gasteiger partial charge is 0.259 e. The number of piperidine rings is 1. The first-order chi connectivity index (χ1) is 16.0. The van der Waals surface area contributed by atoms with Gasteiger partial charge in [0.15, 0.2) is 0 Å². The van der Waals surface area contributed by atoms with E-state index in [0.29, 0.717) is 48.1 Å². The van der Waals surface area contributed by atoms with Crippen molar-refractivity contribution in [3.05, 3.63) is 59.2 Å². The Morgan fingerprint density at radius 1 is 1.12 bits per heavy atom. The zero-order valence-electron chi connectivity index (χ0n) is 17.9. The molecule has 9 nitrogen and oxygen atoms in total. The molecule has 3 aliphatic heterocycles. The zero-order valence-corrected chi connectivity index (χ0v) is 17.9. The van der Waals surface area contributed by atoms with Crippen LogP contribution in [0.1, 0.15) is 39.1 Å². The van der Waals surface area contributed by atoms with Crippen LogP contribution in [-0.4, -0.2) is 54.3 Å². The summed E-state index contributed by atoms with van der Waals surface area (Å²) in [6.07, 6.45) is 0.512. The largest absolute Gasteiger partial charge is 0.492 e. The standard InChI is InChI=1S/C24H24N4O5/c29-21-8-7-19(23(31)27-21)28-12-15-5-6-16(9-18(15)24(28)32)26-22(30)17-3-1-2-4-20(17)33-13-14-10-25-11-14/h1-6,9,14,19,25H,7-8,10-13H2,(H,26,30)(H,27,29,31). The molecule has 5 rings (SSSR count). The summed E-state index contributed by atoms with van der Waals surface area (Å²) >= 11 is 0. The van der Waals surface area contributed by atoms with Crippen molar-refractivity contribution in [3.8, 4) is 5.75 Å². The van der Waals surface area contributed by atoms with Crippen molar-refractivity contribution in [2.75, 3.05) is 25.0 Å². The maximum Gasteiger partial charge on any atom is 0.259 e. The van der Waals surface area contributed by atoms with Gasteiger partial charge in [-0.05, 0) is 36.2 Å². The Morgan fingerprint density at radius 2 is 1.94 bits per heavy atom. The highest BCUT2D eigenvalue weighted by atomic mass is 16.5. The van der Waals surface area contributed by atoms with Crippen molar-refractivity contribution >= 4 is 29.3 Å². The maximum absolute atomic E-state index is 13.0. The molecule has 170 valence electrons. The third-order valence-electron chi connectivity index (χ3n) is 6.26. The van der Waals surface area contributed by atoms with Gasteiger partial charge in [-0.1, -0.05) is 18.2 Å². The third-order valence-corrected chi connectivity index (χ3v) is 6.26. The highest BCUT2D eigenvalue weighted by molar-refractivity contribution is 6.08. The summed E-state index contributed by atoms with van der Waals surface area (Å²) < 4.78 is 5.87. The Balaban J connectivity index is 1.29. The fraction of sp³-hybridized carbons (Fsp3) is 0.333. The number of anilines is 1. The van der Waals surface area contributed by atoms with Crippen LogP contribution in [0.5, 0.6) is 5.75 Å². The second-order valence-electron chi connectivity index (χ2n) is 8.56. The number of imide groups is 1. The minimum absolute atomic E-state index is 0.205. The molecule has 0 aliphatic carbocycles. The van der Waals surface area contributed by atoms with Crippen LogP contribution in [0.4, 0.5) is 5.69 Å². The van der Waals surface area contributed by atoms with Crippen molar-refractivity contribution in [1.29, 1.82) is 0 Å². The van der Waals surface area contributed by atoms with E-state index in [0.717, 1.165) is 18.7 Å². The number of hydrogen-bond acceptors (Lipinski definition) is 6. The molecule has 9 heteroatoms. The van der Waals surface area contributed by atoms with Gasteiger partial charge in [0.25, 0.3) is 11.8 Å². The molecule has 3 aliphatic rings. The number of hydrogen-bond donors (Lipinski definition) is 3. The van der Waals surface area contributed by atoms with Gasteiger partial charge < -0.3 is 20.3 Å². The van der Waals surface area contributed by atoms with E-state index < -0.39 is 11.9 Å². The van der Waals surface area contributed by atoms with Gasteiger partial charge in [0.2, 0.25) is 11.8 Å². The van der Waals surface area contributed by atoms with Gasteiger partial charge in [0.1, 0.15) is 11.8 Å². The molecule has 0 radical (unpaired) electrons. The topological polar surface area (TPSA) is 117 Å². The molecule has 3 N–H and O–H groups in total. The Morgan fingerprint density at radius 3 is 2.70 bits per heavy atom. The summed E-state index contributed by atoms with van der Waals surface area (Å²) in [4.78, 5) is 51.1. The lowest BCUT2D eigenvalue weighted by Gasteiger charge is -2.29. The molecule has 0 saturated carbocycles. The Labute approximate surface area is 190 Å². The molecular weight excluding hydrogens is 424 g/mol. The number of nitrogens with zero attached hydrogens (tertiary/aromatic N) is 1. The van der Waals surface area contributed by atoms with Crippen LogP contribution in [-0.2, 0) is 16.1 Å². The molecule has 2 fully saturated rings. The number of rotatable bonds is 6. The number of fused-ring (bicyclic) bond motifs is 1. The van der Waals surface area contributed by atoms with Gasteiger partial charge in [-0.2, -0.15) is 0 Å². The summed E-state index contributed by atoms with van der Waals surface area (Å²) in [6, 6.07) is 11.5. The predicted octanol–water partition coefficient (Wildman–Crippen LogP) is 1.30. The van der Waals surface area contributed by atoms with Gasteiger partial charge >= 0.3 is 0 Å². The predicted molar refractivity (Wildman–Crippen MR) is 119 cm³/mol. The maximum atomic E-state index is 13.0. The van der Waals surface area contributed by atoms with E-state index in [2.05, 4.69) is 16.0 Å². The van der Waals surface area contributed by atoms with Gasteiger partial charge in [-0.25, -0.2) is 0 Å². The molecule has 33 heavy (non-hydrogen) atoms. The molecule has 4 amide bonds. The molecule has 3 heterocycles. The van der Waals surface area contributed by atoms with Crippen LogP contribution in [0.2, 0.25) is 0 Å². The van der Waals surface area contributed by atoms with Gasteiger partial charge in [-0.15, -0.1) is 0 Å². The number of ether oxygens (including phenoxy) is 1. The minimum atomic E-state index is -0.671. The number of para-hydroxylation sites is 1. The van der Waals surface area contributed by atoms with Gasteiger partial charge in [-0.3, -0.25) is 24.5 Å². The van der Waals surface area contributed by atoms with E-state index in [1.54, 1.807) is 36.4 Å². The molecule has 2 aromatic carbocycles. The van der Waals surface area contributed by atoms with Crippen LogP contribution in [0.15, 0.2) is 42.5 Å². The van der Waals surface area contributed by atoms with Crippen LogP contribution < -0.4 is 20.7 Å². The van der Waals surface area contributed by atoms with E-state index in [9.17, 15) is 19.2 Å². The monoisotopic (exact) mass is 448 g/mol. The zero-order chi connectivity index (χ0) is 22.9. The van der Waals surface area contributed by atoms with Crippen molar-refractivity contribution in [3.63, 3.8) is 0 Å². The second kappa shape index (κ2) is 8.67. The molecule has 2 saturated heterocycles. The van der Waals surface area contributed by atoms with E-state index in [-0.39, 0.29) is 24.1 Å². The summed E-state index contributed by atoms with van der Waals surface area (Å²) in [5.74, 6) is -0.424. The fourth-order valence-corrected chi connectivity index (χ4v) is 4.28. The third kappa shape index (κ3) is 4.19. The first-order valence-corrected chi connectivity index (χ1v) is 11.0. The van der Waals surface area contributed by atoms with Crippen molar-refractivity contribution in [1.82, 2.24) is 15.5 Å². The quantitative estimate of drug-likeness (QED) is 0.574. The normalized spacial score (nSPS) is 20.2. The number of carbonyl (C=O) groups is 4. The van der Waals surface area contributed by atoms with Crippen molar-refractivity contribution in [2.24, 2.45) is 5.92 Å². The first-order valence-electron chi connectivity index (χ1n) is 11.0. The second-order valence-corrected chi connectivity index (χ2v) is 8.56. The minimum Gasteiger partial charge on any atom is -0.492 e. The highest BCUT2D eigenvalue weighted by Gasteiger charge is 2.39. The Hall–Kier alpha value is -3.72. The van der Waals surface area contributed by atoms with E-state index in [1.807, 2.05) is 6.07 Å². The fourth-order valence-electron chi connectivity index (χ4n) is 4.28. The summed E-state index contributed by atoms with van der Waals surface area (Å²) in [6.45, 7) is 2.66. The molecule has 0 bridgehead atoms. The van der Waals surface area contributed by atoms with E-state index in [1.165, 1.54) is 4.90 Å². The lowest BCUT2D eigenvalue weighted by molar-refractivity contribution is -0.136. The summed E-state index contributed by atoms with van der Waals surface area (Å²) in [7, 11) is 0. The van der Waals surface area contributed by atoms with Gasteiger partial charge in [0, 0.05) is 43.2 Å². The van der Waals surface area contributed by atoms with Crippen LogP contribution >= 0.6 is 0 Å². The van der Waals surface area contributed by atoms with Crippen LogP contribution in [0.25, 0.3) is 0 Å². The van der Waals surface area contributed by atoms with Crippen molar-refractivity contribution in [2.45, 2.75) is 25.4 Å². The highest BCUT2D eigenvalue weighted by Crippen LogP contribution is 2.30. The molecule has 0 aromatic heterocycles. The molecular formula is C24H24N4O5. The Kier molecular flexibility index (Phi) is 5.55. The number of carbonyl (C=O) groups excluding carboxylic acids is 4. The summed E-state index contributed by atoms with van der Waals surface area (Å²) in [5.41, 5.74) is 2.12. The lowest BCUT2D eigenvalue weighted by atomic mass is 10.0.